The minimum absolute atomic E-state index is 0.0417. The van der Waals surface area contributed by atoms with E-state index in [0.29, 0.717) is 10.2 Å². The Bertz CT molecular complexity index is 1370. The third-order valence-corrected chi connectivity index (χ3v) is 7.96. The predicted octanol–water partition coefficient (Wildman–Crippen LogP) is 2.97. The van der Waals surface area contributed by atoms with Gasteiger partial charge in [-0.15, -0.1) is 11.3 Å². The Labute approximate surface area is 188 Å². The summed E-state index contributed by atoms with van der Waals surface area (Å²) >= 11 is 1.40. The van der Waals surface area contributed by atoms with Gasteiger partial charge in [-0.25, -0.2) is 22.9 Å². The summed E-state index contributed by atoms with van der Waals surface area (Å²) in [6, 6.07) is 3.97. The number of carbonyl (C=O) groups excluding carboxylic acids is 1. The van der Waals surface area contributed by atoms with Crippen molar-refractivity contribution in [3.05, 3.63) is 50.4 Å². The molecule has 1 unspecified atom stereocenters. The molecule has 1 aliphatic rings. The van der Waals surface area contributed by atoms with Crippen molar-refractivity contribution in [2.24, 2.45) is 0 Å². The van der Waals surface area contributed by atoms with Crippen LogP contribution < -0.4 is 15.0 Å². The molecule has 9 nitrogen and oxygen atoms in total. The van der Waals surface area contributed by atoms with Crippen LogP contribution in [0.4, 0.5) is 0 Å². The van der Waals surface area contributed by atoms with Crippen molar-refractivity contribution in [1.29, 1.82) is 0 Å². The fourth-order valence-corrected chi connectivity index (χ4v) is 5.78. The smallest absolute Gasteiger partial charge is 0.338 e. The van der Waals surface area contributed by atoms with Crippen LogP contribution in [0.2, 0.25) is 0 Å². The van der Waals surface area contributed by atoms with Gasteiger partial charge in [0.05, 0.1) is 18.1 Å². The summed E-state index contributed by atoms with van der Waals surface area (Å²) in [7, 11) is -2.49. The number of rotatable bonds is 7. The summed E-state index contributed by atoms with van der Waals surface area (Å²) in [5.74, 6) is -0.402. The first-order valence-corrected chi connectivity index (χ1v) is 12.3. The van der Waals surface area contributed by atoms with Gasteiger partial charge in [0.15, 0.2) is 11.9 Å². The molecule has 2 aromatic heterocycles. The quantitative estimate of drug-likeness (QED) is 0.501. The van der Waals surface area contributed by atoms with Crippen LogP contribution in [-0.4, -0.2) is 37.5 Å². The molecule has 1 atom stereocenters. The number of esters is 1. The van der Waals surface area contributed by atoms with Crippen molar-refractivity contribution in [2.75, 3.05) is 7.11 Å². The zero-order valence-electron chi connectivity index (χ0n) is 18.0. The van der Waals surface area contributed by atoms with Crippen LogP contribution in [0, 0.1) is 13.8 Å². The molecule has 4 rings (SSSR count). The van der Waals surface area contributed by atoms with Crippen molar-refractivity contribution >= 4 is 37.5 Å². The monoisotopic (exact) mass is 477 g/mol. The van der Waals surface area contributed by atoms with Gasteiger partial charge in [0.25, 0.3) is 5.56 Å². The van der Waals surface area contributed by atoms with Gasteiger partial charge in [0.1, 0.15) is 15.5 Å². The van der Waals surface area contributed by atoms with Crippen LogP contribution in [-0.2, 0) is 14.8 Å². The summed E-state index contributed by atoms with van der Waals surface area (Å²) in [4.78, 5) is 33.8. The van der Waals surface area contributed by atoms with E-state index in [1.165, 1.54) is 36.6 Å². The number of hydrogen-bond donors (Lipinski definition) is 2. The molecule has 0 radical (unpaired) electrons. The number of aromatic nitrogens is 2. The Morgan fingerprint density at radius 2 is 2.03 bits per heavy atom. The molecule has 1 saturated carbocycles. The molecular formula is C21H23N3O6S2. The number of sulfonamides is 1. The van der Waals surface area contributed by atoms with E-state index in [-0.39, 0.29) is 33.6 Å². The Balaban J connectivity index is 1.60. The van der Waals surface area contributed by atoms with E-state index in [1.807, 2.05) is 13.8 Å². The van der Waals surface area contributed by atoms with Crippen molar-refractivity contribution in [3.8, 4) is 5.75 Å². The van der Waals surface area contributed by atoms with Gasteiger partial charge in [-0.2, -0.15) is 0 Å². The van der Waals surface area contributed by atoms with E-state index in [9.17, 15) is 18.0 Å². The SMILES string of the molecule is COc1ccc(C(=O)OC(C)c2nc3sc(C)c(C)c3c(=O)[nH]2)cc1S(=O)(=O)NC1CC1. The molecule has 0 aliphatic heterocycles. The molecule has 2 N–H and O–H groups in total. The van der Waals surface area contributed by atoms with Crippen LogP contribution in [0.3, 0.4) is 0 Å². The maximum Gasteiger partial charge on any atom is 0.338 e. The zero-order chi connectivity index (χ0) is 23.2. The lowest BCUT2D eigenvalue weighted by molar-refractivity contribution is 0.0319. The van der Waals surface area contributed by atoms with Crippen LogP contribution in [0.25, 0.3) is 10.2 Å². The van der Waals surface area contributed by atoms with E-state index >= 15 is 0 Å². The van der Waals surface area contributed by atoms with Crippen LogP contribution in [0.1, 0.15) is 52.5 Å². The highest BCUT2D eigenvalue weighted by Crippen LogP contribution is 2.30. The van der Waals surface area contributed by atoms with Gasteiger partial charge in [-0.05, 0) is 57.4 Å². The van der Waals surface area contributed by atoms with Crippen molar-refractivity contribution in [1.82, 2.24) is 14.7 Å². The number of thiophene rings is 1. The Morgan fingerprint density at radius 3 is 2.69 bits per heavy atom. The summed E-state index contributed by atoms with van der Waals surface area (Å²) in [5, 5.41) is 0.531. The lowest BCUT2D eigenvalue weighted by atomic mass is 10.2. The highest BCUT2D eigenvalue weighted by Gasteiger charge is 2.30. The Hall–Kier alpha value is -2.76. The normalized spacial score (nSPS) is 15.0. The largest absolute Gasteiger partial charge is 0.495 e. The number of hydrogen-bond acceptors (Lipinski definition) is 8. The second kappa shape index (κ2) is 8.30. The lowest BCUT2D eigenvalue weighted by Gasteiger charge is -2.14. The second-order valence-corrected chi connectivity index (χ2v) is 10.6. The Kier molecular flexibility index (Phi) is 5.82. The minimum Gasteiger partial charge on any atom is -0.495 e. The Morgan fingerprint density at radius 1 is 1.31 bits per heavy atom. The first-order chi connectivity index (χ1) is 15.1. The van der Waals surface area contributed by atoms with E-state index < -0.39 is 22.1 Å². The number of methoxy groups -OCH3 is 1. The predicted molar refractivity (Wildman–Crippen MR) is 120 cm³/mol. The number of nitrogens with zero attached hydrogens (tertiary/aromatic N) is 1. The second-order valence-electron chi connectivity index (χ2n) is 7.72. The number of aromatic amines is 1. The van der Waals surface area contributed by atoms with Crippen molar-refractivity contribution in [3.63, 3.8) is 0 Å². The number of fused-ring (bicyclic) bond motifs is 1. The van der Waals surface area contributed by atoms with Crippen LogP contribution in [0.15, 0.2) is 27.9 Å². The van der Waals surface area contributed by atoms with Crippen molar-refractivity contribution in [2.45, 2.75) is 50.7 Å². The average Bonchev–Trinajstić information content (AvgIpc) is 3.50. The molecule has 2 heterocycles. The lowest BCUT2D eigenvalue weighted by Crippen LogP contribution is -2.26. The van der Waals surface area contributed by atoms with Gasteiger partial charge < -0.3 is 14.5 Å². The number of carbonyl (C=O) groups is 1. The highest BCUT2D eigenvalue weighted by atomic mass is 32.2. The number of H-pyrrole nitrogens is 1. The van der Waals surface area contributed by atoms with Gasteiger partial charge in [-0.1, -0.05) is 0 Å². The van der Waals surface area contributed by atoms with Gasteiger partial charge in [-0.3, -0.25) is 4.79 Å². The third-order valence-electron chi connectivity index (χ3n) is 5.31. The summed E-state index contributed by atoms with van der Waals surface area (Å²) in [6.07, 6.45) is 0.702. The number of nitrogens with one attached hydrogen (secondary N) is 2. The molecular weight excluding hydrogens is 454 g/mol. The maximum atomic E-state index is 12.8. The van der Waals surface area contributed by atoms with E-state index in [1.54, 1.807) is 6.92 Å². The summed E-state index contributed by atoms with van der Waals surface area (Å²) in [5.41, 5.74) is 0.625. The van der Waals surface area contributed by atoms with E-state index in [0.717, 1.165) is 23.3 Å². The number of aryl methyl sites for hydroxylation is 2. The molecule has 1 fully saturated rings. The highest BCUT2D eigenvalue weighted by molar-refractivity contribution is 7.89. The summed E-state index contributed by atoms with van der Waals surface area (Å²) < 4.78 is 38.6. The molecule has 0 saturated heterocycles. The van der Waals surface area contributed by atoms with Crippen LogP contribution in [0.5, 0.6) is 5.75 Å². The van der Waals surface area contributed by atoms with E-state index in [2.05, 4.69) is 14.7 Å². The van der Waals surface area contributed by atoms with Gasteiger partial charge in [0, 0.05) is 10.9 Å². The minimum atomic E-state index is -3.85. The van der Waals surface area contributed by atoms with Crippen LogP contribution >= 0.6 is 11.3 Å². The molecule has 32 heavy (non-hydrogen) atoms. The molecule has 1 aromatic carbocycles. The van der Waals surface area contributed by atoms with Gasteiger partial charge >= 0.3 is 5.97 Å². The topological polar surface area (TPSA) is 127 Å². The molecule has 0 amide bonds. The fraction of sp³-hybridized carbons (Fsp3) is 0.381. The first kappa shape index (κ1) is 22.4. The number of benzene rings is 1. The van der Waals surface area contributed by atoms with E-state index in [4.69, 9.17) is 9.47 Å². The standard InChI is InChI=1S/C21H23N3O6S2/c1-10-12(3)31-20-17(10)19(25)22-18(23-20)11(2)30-21(26)13-5-8-15(29-4)16(9-13)32(27,28)24-14-6-7-14/h5,8-9,11,14,24H,6-7H2,1-4H3,(H,22,23,25). The maximum absolute atomic E-state index is 12.8. The third kappa shape index (κ3) is 4.27. The molecule has 170 valence electrons. The zero-order valence-corrected chi connectivity index (χ0v) is 19.6. The molecule has 0 bridgehead atoms. The van der Waals surface area contributed by atoms with Crippen molar-refractivity contribution < 1.29 is 22.7 Å². The first-order valence-electron chi connectivity index (χ1n) is 10.0. The average molecular weight is 478 g/mol. The molecule has 1 aliphatic carbocycles. The molecule has 11 heteroatoms. The summed E-state index contributed by atoms with van der Waals surface area (Å²) in [6.45, 7) is 5.37. The number of ether oxygens (including phenoxy) is 2. The molecule has 0 spiro atoms. The van der Waals surface area contributed by atoms with Gasteiger partial charge in [0.2, 0.25) is 10.0 Å². The molecule has 3 aromatic rings. The fourth-order valence-electron chi connectivity index (χ4n) is 3.25.